The van der Waals surface area contributed by atoms with Gasteiger partial charge in [-0.3, -0.25) is 0 Å². The number of benzene rings is 2. The van der Waals surface area contributed by atoms with Crippen LogP contribution in [-0.2, 0) is 12.6 Å². The third-order valence-electron chi connectivity index (χ3n) is 4.04. The molecule has 0 atom stereocenters. The highest BCUT2D eigenvalue weighted by atomic mass is 19.4. The van der Waals surface area contributed by atoms with Gasteiger partial charge in [-0.1, -0.05) is 43.7 Å². The fourth-order valence-electron chi connectivity index (χ4n) is 2.92. The van der Waals surface area contributed by atoms with Gasteiger partial charge in [-0.05, 0) is 36.6 Å². The molecule has 0 amide bonds. The first-order chi connectivity index (χ1) is 11.0. The number of H-pyrrole nitrogens is 1. The summed E-state index contributed by atoms with van der Waals surface area (Å²) in [5, 5.41) is 0.970. The van der Waals surface area contributed by atoms with Gasteiger partial charge in [-0.25, -0.2) is 0 Å². The van der Waals surface area contributed by atoms with Gasteiger partial charge in [0.15, 0.2) is 0 Å². The van der Waals surface area contributed by atoms with Crippen LogP contribution in [0.2, 0.25) is 0 Å². The van der Waals surface area contributed by atoms with Gasteiger partial charge < -0.3 is 4.98 Å². The summed E-state index contributed by atoms with van der Waals surface area (Å²) >= 11 is 0. The lowest BCUT2D eigenvalue weighted by Crippen LogP contribution is -2.04. The minimum absolute atomic E-state index is 0.610. The molecule has 23 heavy (non-hydrogen) atoms. The van der Waals surface area contributed by atoms with Crippen molar-refractivity contribution in [2.24, 2.45) is 0 Å². The van der Waals surface area contributed by atoms with E-state index in [2.05, 4.69) is 11.9 Å². The molecule has 0 saturated carbocycles. The second-order valence-corrected chi connectivity index (χ2v) is 5.71. The van der Waals surface area contributed by atoms with Crippen LogP contribution in [0.1, 0.15) is 31.0 Å². The summed E-state index contributed by atoms with van der Waals surface area (Å²) < 4.78 is 39.1. The van der Waals surface area contributed by atoms with Crippen LogP contribution in [0.25, 0.3) is 22.0 Å². The smallest absolute Gasteiger partial charge is 0.358 e. The summed E-state index contributed by atoms with van der Waals surface area (Å²) in [5.41, 5.74) is 2.86. The van der Waals surface area contributed by atoms with E-state index < -0.39 is 11.7 Å². The van der Waals surface area contributed by atoms with Crippen molar-refractivity contribution in [1.82, 2.24) is 4.98 Å². The Morgan fingerprint density at radius 1 is 1.00 bits per heavy atom. The molecule has 2 aromatic carbocycles. The summed E-state index contributed by atoms with van der Waals surface area (Å²) in [6, 6.07) is 13.3. The predicted molar refractivity (Wildman–Crippen MR) is 87.3 cm³/mol. The van der Waals surface area contributed by atoms with E-state index in [1.54, 1.807) is 6.07 Å². The van der Waals surface area contributed by atoms with Crippen LogP contribution in [0.4, 0.5) is 13.2 Å². The summed E-state index contributed by atoms with van der Waals surface area (Å²) in [4.78, 5) is 3.37. The molecule has 0 saturated heterocycles. The van der Waals surface area contributed by atoms with Crippen LogP contribution in [0, 0.1) is 0 Å². The average molecular weight is 317 g/mol. The van der Waals surface area contributed by atoms with Crippen LogP contribution >= 0.6 is 0 Å². The molecule has 0 spiro atoms. The highest BCUT2D eigenvalue weighted by Crippen LogP contribution is 2.37. The van der Waals surface area contributed by atoms with Crippen molar-refractivity contribution in [3.63, 3.8) is 0 Å². The zero-order valence-electron chi connectivity index (χ0n) is 12.9. The van der Waals surface area contributed by atoms with Gasteiger partial charge in [0, 0.05) is 22.2 Å². The van der Waals surface area contributed by atoms with Gasteiger partial charge in [-0.15, -0.1) is 0 Å². The van der Waals surface area contributed by atoms with E-state index in [4.69, 9.17) is 0 Å². The van der Waals surface area contributed by atoms with Crippen molar-refractivity contribution in [2.75, 3.05) is 0 Å². The van der Waals surface area contributed by atoms with Crippen molar-refractivity contribution in [2.45, 2.75) is 32.4 Å². The molecule has 1 nitrogen and oxygen atoms in total. The fraction of sp³-hybridized carbons (Fsp3) is 0.263. The van der Waals surface area contributed by atoms with E-state index in [0.29, 0.717) is 5.56 Å². The van der Waals surface area contributed by atoms with E-state index in [1.165, 1.54) is 12.1 Å². The molecule has 120 valence electrons. The maximum atomic E-state index is 13.0. The Hall–Kier alpha value is -2.23. The topological polar surface area (TPSA) is 15.8 Å². The molecule has 4 heteroatoms. The van der Waals surface area contributed by atoms with Crippen molar-refractivity contribution < 1.29 is 13.2 Å². The number of aromatic amines is 1. The lowest BCUT2D eigenvalue weighted by molar-refractivity contribution is -0.137. The molecule has 1 N–H and O–H groups in total. The van der Waals surface area contributed by atoms with Crippen molar-refractivity contribution in [1.29, 1.82) is 0 Å². The molecule has 1 aromatic heterocycles. The fourth-order valence-corrected chi connectivity index (χ4v) is 2.92. The number of halogens is 3. The normalized spacial score (nSPS) is 12.0. The molecule has 1 heterocycles. The Kier molecular flexibility index (Phi) is 4.16. The van der Waals surface area contributed by atoms with Crippen LogP contribution in [0.5, 0.6) is 0 Å². The van der Waals surface area contributed by atoms with E-state index in [9.17, 15) is 13.2 Å². The zero-order valence-corrected chi connectivity index (χ0v) is 12.9. The third kappa shape index (κ3) is 3.11. The van der Waals surface area contributed by atoms with Gasteiger partial charge >= 0.3 is 6.18 Å². The SMILES string of the molecule is CCCCc1[nH]c2ccccc2c1-c1cccc(C(F)(F)F)c1. The Morgan fingerprint density at radius 3 is 2.52 bits per heavy atom. The lowest BCUT2D eigenvalue weighted by Gasteiger charge is -2.10. The van der Waals surface area contributed by atoms with E-state index in [1.807, 2.05) is 24.3 Å². The third-order valence-corrected chi connectivity index (χ3v) is 4.04. The molecular weight excluding hydrogens is 299 g/mol. The van der Waals surface area contributed by atoms with E-state index in [0.717, 1.165) is 47.5 Å². The Labute approximate surface area is 133 Å². The number of para-hydroxylation sites is 1. The monoisotopic (exact) mass is 317 g/mol. The molecule has 0 fully saturated rings. The maximum Gasteiger partial charge on any atom is 0.416 e. The number of unbranched alkanes of at least 4 members (excludes halogenated alkanes) is 1. The van der Waals surface area contributed by atoms with Crippen molar-refractivity contribution >= 4 is 10.9 Å². The molecule has 3 rings (SSSR count). The number of fused-ring (bicyclic) bond motifs is 1. The quantitative estimate of drug-likeness (QED) is 0.590. The van der Waals surface area contributed by atoms with Crippen LogP contribution in [0.3, 0.4) is 0 Å². The molecule has 0 aliphatic carbocycles. The number of nitrogens with one attached hydrogen (secondary N) is 1. The predicted octanol–water partition coefficient (Wildman–Crippen LogP) is 6.20. The Bertz CT molecular complexity index is 815. The van der Waals surface area contributed by atoms with Crippen LogP contribution in [-0.4, -0.2) is 4.98 Å². The highest BCUT2D eigenvalue weighted by molar-refractivity contribution is 5.97. The first-order valence-electron chi connectivity index (χ1n) is 7.78. The second-order valence-electron chi connectivity index (χ2n) is 5.71. The highest BCUT2D eigenvalue weighted by Gasteiger charge is 2.30. The molecule has 0 aliphatic rings. The summed E-state index contributed by atoms with van der Waals surface area (Å²) in [6.45, 7) is 2.10. The standard InChI is InChI=1S/C19H18F3N/c1-2-3-10-17-18(15-9-4-5-11-16(15)23-17)13-7-6-8-14(12-13)19(20,21)22/h4-9,11-12,23H,2-3,10H2,1H3. The van der Waals surface area contributed by atoms with Crippen molar-refractivity contribution in [3.8, 4) is 11.1 Å². The van der Waals surface area contributed by atoms with Crippen molar-refractivity contribution in [3.05, 3.63) is 59.8 Å². The van der Waals surface area contributed by atoms with Gasteiger partial charge in [0.25, 0.3) is 0 Å². The van der Waals surface area contributed by atoms with Gasteiger partial charge in [0.2, 0.25) is 0 Å². The first kappa shape index (κ1) is 15.7. The molecule has 0 bridgehead atoms. The molecule has 0 aliphatic heterocycles. The minimum Gasteiger partial charge on any atom is -0.358 e. The van der Waals surface area contributed by atoms with Crippen LogP contribution in [0.15, 0.2) is 48.5 Å². The second kappa shape index (κ2) is 6.11. The van der Waals surface area contributed by atoms with Crippen LogP contribution < -0.4 is 0 Å². The van der Waals surface area contributed by atoms with E-state index in [-0.39, 0.29) is 0 Å². The van der Waals surface area contributed by atoms with E-state index >= 15 is 0 Å². The summed E-state index contributed by atoms with van der Waals surface area (Å²) in [6.07, 6.45) is -1.46. The number of alkyl halides is 3. The first-order valence-corrected chi connectivity index (χ1v) is 7.78. The lowest BCUT2D eigenvalue weighted by atomic mass is 9.98. The average Bonchev–Trinajstić information content (AvgIpc) is 2.90. The zero-order chi connectivity index (χ0) is 16.4. The molecule has 0 unspecified atom stereocenters. The largest absolute Gasteiger partial charge is 0.416 e. The summed E-state index contributed by atoms with van der Waals surface area (Å²) in [5.74, 6) is 0. The number of hydrogen-bond acceptors (Lipinski definition) is 0. The maximum absolute atomic E-state index is 13.0. The minimum atomic E-state index is -4.33. The molecular formula is C19H18F3N. The Morgan fingerprint density at radius 2 is 1.78 bits per heavy atom. The number of rotatable bonds is 4. The summed E-state index contributed by atoms with van der Waals surface area (Å²) in [7, 11) is 0. The molecule has 0 radical (unpaired) electrons. The number of aromatic nitrogens is 1. The van der Waals surface area contributed by atoms with Gasteiger partial charge in [-0.2, -0.15) is 13.2 Å². The van der Waals surface area contributed by atoms with Gasteiger partial charge in [0.05, 0.1) is 5.56 Å². The molecule has 3 aromatic rings. The van der Waals surface area contributed by atoms with Gasteiger partial charge in [0.1, 0.15) is 0 Å². The Balaban J connectivity index is 2.18. The number of hydrogen-bond donors (Lipinski definition) is 1. The number of aryl methyl sites for hydroxylation is 1.